The van der Waals surface area contributed by atoms with Crippen molar-refractivity contribution in [2.45, 2.75) is 44.5 Å². The minimum Gasteiger partial charge on any atom is -0.423 e. The van der Waals surface area contributed by atoms with E-state index in [0.717, 1.165) is 27.9 Å². The van der Waals surface area contributed by atoms with Gasteiger partial charge >= 0.3 is 5.63 Å². The number of rotatable bonds is 5. The molecule has 0 aliphatic heterocycles. The Hall–Kier alpha value is -2.86. The summed E-state index contributed by atoms with van der Waals surface area (Å²) < 4.78 is 5.44. The summed E-state index contributed by atoms with van der Waals surface area (Å²) in [7, 11) is 0. The van der Waals surface area contributed by atoms with Gasteiger partial charge in [0.2, 0.25) is 5.16 Å². The number of nitrogens with zero attached hydrogens (tertiary/aromatic N) is 2. The number of benzene rings is 2. The van der Waals surface area contributed by atoms with Crippen LogP contribution in [-0.2, 0) is 5.75 Å². The van der Waals surface area contributed by atoms with Gasteiger partial charge in [-0.3, -0.25) is 5.10 Å². The van der Waals surface area contributed by atoms with Crippen LogP contribution in [-0.4, -0.2) is 15.2 Å². The molecule has 1 N–H and O–H groups in total. The Morgan fingerprint density at radius 2 is 1.86 bits per heavy atom. The monoisotopic (exact) mass is 405 g/mol. The predicted molar refractivity (Wildman–Crippen MR) is 117 cm³/mol. The van der Waals surface area contributed by atoms with E-state index in [1.807, 2.05) is 30.3 Å². The summed E-state index contributed by atoms with van der Waals surface area (Å²) in [6, 6.07) is 13.8. The van der Waals surface area contributed by atoms with Crippen molar-refractivity contribution in [3.8, 4) is 11.4 Å². The molecule has 0 saturated heterocycles. The highest BCUT2D eigenvalue weighted by Gasteiger charge is 2.13. The molecule has 29 heavy (non-hydrogen) atoms. The molecule has 0 aliphatic carbocycles. The maximum atomic E-state index is 12.0. The normalized spacial score (nSPS) is 11.5. The lowest BCUT2D eigenvalue weighted by atomic mass is 9.95. The molecule has 2 aromatic heterocycles. The zero-order valence-electron chi connectivity index (χ0n) is 16.9. The Labute approximate surface area is 173 Å². The molecule has 4 aromatic rings. The lowest BCUT2D eigenvalue weighted by Crippen LogP contribution is -2.02. The Kier molecular flexibility index (Phi) is 5.28. The number of fused-ring (bicyclic) bond motifs is 1. The van der Waals surface area contributed by atoms with E-state index in [-0.39, 0.29) is 5.63 Å². The van der Waals surface area contributed by atoms with Gasteiger partial charge in [0.15, 0.2) is 5.82 Å². The molecule has 2 aromatic carbocycles. The largest absolute Gasteiger partial charge is 0.423 e. The summed E-state index contributed by atoms with van der Waals surface area (Å²) in [5.74, 6) is 1.73. The lowest BCUT2D eigenvalue weighted by Gasteiger charge is -2.12. The van der Waals surface area contributed by atoms with E-state index in [1.165, 1.54) is 22.9 Å². The van der Waals surface area contributed by atoms with E-state index >= 15 is 0 Å². The molecule has 0 bridgehead atoms. The molecule has 5 nitrogen and oxygen atoms in total. The van der Waals surface area contributed by atoms with Crippen molar-refractivity contribution in [2.75, 3.05) is 0 Å². The minimum absolute atomic E-state index is 0.333. The van der Waals surface area contributed by atoms with E-state index in [9.17, 15) is 4.79 Å². The molecule has 0 unspecified atom stereocenters. The summed E-state index contributed by atoms with van der Waals surface area (Å²) in [6.07, 6.45) is 0. The number of aromatic nitrogens is 3. The van der Waals surface area contributed by atoms with Crippen molar-refractivity contribution in [2.24, 2.45) is 0 Å². The Morgan fingerprint density at radius 1 is 1.10 bits per heavy atom. The molecule has 148 valence electrons. The standard InChI is InChI=1S/C23H23N3O2S/c1-13(2)18-11-19-17(10-21(27)28-20(19)9-15(18)4)12-29-23-24-22(25-26-23)16-7-5-14(3)6-8-16/h5-11,13H,12H2,1-4H3,(H,24,25,26). The summed E-state index contributed by atoms with van der Waals surface area (Å²) in [6.45, 7) is 8.44. The summed E-state index contributed by atoms with van der Waals surface area (Å²) in [5.41, 5.74) is 5.83. The van der Waals surface area contributed by atoms with Crippen LogP contribution in [0.1, 0.15) is 42.0 Å². The molecule has 0 radical (unpaired) electrons. The molecule has 0 spiro atoms. The van der Waals surface area contributed by atoms with Gasteiger partial charge in [-0.25, -0.2) is 9.78 Å². The smallest absolute Gasteiger partial charge is 0.336 e. The average molecular weight is 406 g/mol. The van der Waals surface area contributed by atoms with Gasteiger partial charge in [-0.15, -0.1) is 5.10 Å². The van der Waals surface area contributed by atoms with E-state index in [0.29, 0.717) is 22.4 Å². The van der Waals surface area contributed by atoms with Gasteiger partial charge < -0.3 is 4.42 Å². The van der Waals surface area contributed by atoms with Crippen LogP contribution in [0.25, 0.3) is 22.4 Å². The third-order valence-corrected chi connectivity index (χ3v) is 5.88. The van der Waals surface area contributed by atoms with Crippen LogP contribution in [0.15, 0.2) is 56.8 Å². The number of aryl methyl sites for hydroxylation is 2. The maximum Gasteiger partial charge on any atom is 0.336 e. The van der Waals surface area contributed by atoms with Gasteiger partial charge in [-0.05, 0) is 48.6 Å². The van der Waals surface area contributed by atoms with E-state index in [2.05, 4.69) is 48.9 Å². The lowest BCUT2D eigenvalue weighted by molar-refractivity contribution is 0.559. The van der Waals surface area contributed by atoms with Crippen molar-refractivity contribution in [3.63, 3.8) is 0 Å². The van der Waals surface area contributed by atoms with Crippen molar-refractivity contribution in [3.05, 3.63) is 75.1 Å². The number of hydrogen-bond donors (Lipinski definition) is 1. The van der Waals surface area contributed by atoms with Gasteiger partial charge in [0.1, 0.15) is 5.58 Å². The molecule has 6 heteroatoms. The van der Waals surface area contributed by atoms with Crippen molar-refractivity contribution in [1.82, 2.24) is 15.2 Å². The molecule has 0 saturated carbocycles. The third kappa shape index (κ3) is 4.12. The highest BCUT2D eigenvalue weighted by Crippen LogP contribution is 2.30. The molecule has 0 aliphatic rings. The number of hydrogen-bond acceptors (Lipinski definition) is 5. The zero-order chi connectivity index (χ0) is 20.5. The quantitative estimate of drug-likeness (QED) is 0.345. The Bertz CT molecular complexity index is 1220. The third-order valence-electron chi connectivity index (χ3n) is 4.99. The maximum absolute atomic E-state index is 12.0. The van der Waals surface area contributed by atoms with E-state index in [4.69, 9.17) is 4.42 Å². The minimum atomic E-state index is -0.333. The number of H-pyrrole nitrogens is 1. The first kappa shape index (κ1) is 19.5. The summed E-state index contributed by atoms with van der Waals surface area (Å²) in [4.78, 5) is 16.6. The van der Waals surface area contributed by atoms with Crippen molar-refractivity contribution < 1.29 is 4.42 Å². The van der Waals surface area contributed by atoms with Crippen LogP contribution in [0.3, 0.4) is 0 Å². The summed E-state index contributed by atoms with van der Waals surface area (Å²) >= 11 is 1.50. The zero-order valence-corrected chi connectivity index (χ0v) is 17.8. The van der Waals surface area contributed by atoms with Crippen LogP contribution >= 0.6 is 11.8 Å². The fraction of sp³-hybridized carbons (Fsp3) is 0.261. The predicted octanol–water partition coefficient (Wildman–Crippen LogP) is 5.61. The van der Waals surface area contributed by atoms with Crippen molar-refractivity contribution in [1.29, 1.82) is 0 Å². The fourth-order valence-electron chi connectivity index (χ4n) is 3.43. The van der Waals surface area contributed by atoms with Crippen LogP contribution < -0.4 is 5.63 Å². The highest BCUT2D eigenvalue weighted by atomic mass is 32.2. The second-order valence-electron chi connectivity index (χ2n) is 7.57. The molecule has 0 amide bonds. The van der Waals surface area contributed by atoms with E-state index < -0.39 is 0 Å². The molecule has 0 fully saturated rings. The molecule has 2 heterocycles. The highest BCUT2D eigenvalue weighted by molar-refractivity contribution is 7.98. The summed E-state index contributed by atoms with van der Waals surface area (Å²) in [5, 5.41) is 8.94. The van der Waals surface area contributed by atoms with Crippen LogP contribution in [0.2, 0.25) is 0 Å². The van der Waals surface area contributed by atoms with Gasteiger partial charge in [-0.1, -0.05) is 55.4 Å². The van der Waals surface area contributed by atoms with Crippen molar-refractivity contribution >= 4 is 22.7 Å². The van der Waals surface area contributed by atoms with Gasteiger partial charge in [0, 0.05) is 22.8 Å². The second kappa shape index (κ2) is 7.87. The van der Waals surface area contributed by atoms with Crippen LogP contribution in [0, 0.1) is 13.8 Å². The number of nitrogens with one attached hydrogen (secondary N) is 1. The van der Waals surface area contributed by atoms with Gasteiger partial charge in [-0.2, -0.15) is 0 Å². The molecular formula is C23H23N3O2S. The average Bonchev–Trinajstić information content (AvgIpc) is 3.14. The van der Waals surface area contributed by atoms with Crippen LogP contribution in [0.4, 0.5) is 0 Å². The van der Waals surface area contributed by atoms with Crippen LogP contribution in [0.5, 0.6) is 0 Å². The Morgan fingerprint density at radius 3 is 2.59 bits per heavy atom. The SMILES string of the molecule is Cc1ccc(-c2nc(SCc3cc(=O)oc4cc(C)c(C(C)C)cc34)n[nH]2)cc1. The first-order valence-corrected chi connectivity index (χ1v) is 10.6. The van der Waals surface area contributed by atoms with E-state index in [1.54, 1.807) is 6.07 Å². The first-order valence-electron chi connectivity index (χ1n) is 9.60. The van der Waals surface area contributed by atoms with Gasteiger partial charge in [0.25, 0.3) is 0 Å². The molecule has 0 atom stereocenters. The fourth-order valence-corrected chi connectivity index (χ4v) is 4.22. The molecule has 4 rings (SSSR count). The number of aromatic amines is 1. The Balaban J connectivity index is 1.62. The van der Waals surface area contributed by atoms with Gasteiger partial charge in [0.05, 0.1) is 0 Å². The topological polar surface area (TPSA) is 71.8 Å². The second-order valence-corrected chi connectivity index (χ2v) is 8.51. The first-order chi connectivity index (χ1) is 13.9. The molecular weight excluding hydrogens is 382 g/mol. The number of thioether (sulfide) groups is 1.